The van der Waals surface area contributed by atoms with Crippen LogP contribution in [-0.2, 0) is 14.3 Å². The van der Waals surface area contributed by atoms with Crippen LogP contribution in [0, 0.1) is 0 Å². The van der Waals surface area contributed by atoms with Gasteiger partial charge in [0.25, 0.3) is 0 Å². The Morgan fingerprint density at radius 2 is 1.75 bits per heavy atom. The fourth-order valence-electron chi connectivity index (χ4n) is 4.33. The molecule has 3 aliphatic rings. The summed E-state index contributed by atoms with van der Waals surface area (Å²) in [6.07, 6.45) is 1.94. The Labute approximate surface area is 166 Å². The van der Waals surface area contributed by atoms with Crippen molar-refractivity contribution in [2.75, 3.05) is 39.9 Å². The molecular formula is C19H32N4O5. The van der Waals surface area contributed by atoms with Gasteiger partial charge in [-0.15, -0.1) is 0 Å². The Hall–Kier alpha value is -2.03. The van der Waals surface area contributed by atoms with E-state index in [1.165, 1.54) is 7.11 Å². The van der Waals surface area contributed by atoms with Crippen LogP contribution in [0.25, 0.3) is 0 Å². The van der Waals surface area contributed by atoms with Gasteiger partial charge in [0.15, 0.2) is 0 Å². The van der Waals surface area contributed by atoms with Crippen molar-refractivity contribution in [1.82, 2.24) is 20.0 Å². The molecule has 4 amide bonds. The van der Waals surface area contributed by atoms with Gasteiger partial charge >= 0.3 is 12.1 Å². The van der Waals surface area contributed by atoms with E-state index in [0.29, 0.717) is 26.2 Å². The molecule has 0 aromatic carbocycles. The Bertz CT molecular complexity index is 612. The first-order valence-corrected chi connectivity index (χ1v) is 10.0. The number of piperidine rings is 2. The van der Waals surface area contributed by atoms with Crippen molar-refractivity contribution >= 4 is 18.0 Å². The lowest BCUT2D eigenvalue weighted by Crippen LogP contribution is -2.56. The maximum Gasteiger partial charge on any atom is 0.410 e. The molecule has 1 N–H and O–H groups in total. The van der Waals surface area contributed by atoms with Crippen molar-refractivity contribution < 1.29 is 23.9 Å². The number of nitrogens with one attached hydrogen (secondary N) is 1. The number of ether oxygens (including phenoxy) is 2. The van der Waals surface area contributed by atoms with E-state index in [2.05, 4.69) is 5.32 Å². The molecule has 0 aliphatic carbocycles. The van der Waals surface area contributed by atoms with Crippen LogP contribution in [0.15, 0.2) is 0 Å². The predicted molar refractivity (Wildman–Crippen MR) is 102 cm³/mol. The number of nitrogens with zero attached hydrogens (tertiary/aromatic N) is 3. The molecule has 9 heteroatoms. The molecule has 2 unspecified atom stereocenters. The lowest BCUT2D eigenvalue weighted by molar-refractivity contribution is -0.136. The molecule has 9 nitrogen and oxygen atoms in total. The number of rotatable bonds is 3. The van der Waals surface area contributed by atoms with Gasteiger partial charge in [0, 0.05) is 39.3 Å². The minimum absolute atomic E-state index is 0.0423. The SMILES string of the molecule is COCC(=O)N1CCC2C(C1)NC(=O)N2C1CCN(C(=O)OC(C)(C)C)CC1. The summed E-state index contributed by atoms with van der Waals surface area (Å²) >= 11 is 0. The smallest absolute Gasteiger partial charge is 0.410 e. The van der Waals surface area contributed by atoms with E-state index < -0.39 is 5.60 Å². The van der Waals surface area contributed by atoms with Crippen molar-refractivity contribution in [3.05, 3.63) is 0 Å². The highest BCUT2D eigenvalue weighted by Crippen LogP contribution is 2.29. The third kappa shape index (κ3) is 4.51. The van der Waals surface area contributed by atoms with Gasteiger partial charge in [-0.2, -0.15) is 0 Å². The third-order valence-electron chi connectivity index (χ3n) is 5.61. The summed E-state index contributed by atoms with van der Waals surface area (Å²) in [6.45, 7) is 7.95. The molecule has 28 heavy (non-hydrogen) atoms. The molecule has 158 valence electrons. The first-order chi connectivity index (χ1) is 13.2. The highest BCUT2D eigenvalue weighted by molar-refractivity contribution is 5.80. The van der Waals surface area contributed by atoms with E-state index in [0.717, 1.165) is 19.3 Å². The van der Waals surface area contributed by atoms with Crippen LogP contribution in [0.1, 0.15) is 40.0 Å². The average Bonchev–Trinajstić information content (AvgIpc) is 2.95. The second kappa shape index (κ2) is 8.14. The summed E-state index contributed by atoms with van der Waals surface area (Å²) in [5.41, 5.74) is -0.510. The number of methoxy groups -OCH3 is 1. The summed E-state index contributed by atoms with van der Waals surface area (Å²) < 4.78 is 10.4. The van der Waals surface area contributed by atoms with Gasteiger partial charge in [-0.25, -0.2) is 9.59 Å². The second-order valence-corrected chi connectivity index (χ2v) is 8.79. The molecule has 0 spiro atoms. The van der Waals surface area contributed by atoms with Gasteiger partial charge in [-0.1, -0.05) is 0 Å². The van der Waals surface area contributed by atoms with Crippen LogP contribution >= 0.6 is 0 Å². The van der Waals surface area contributed by atoms with Crippen molar-refractivity contribution in [3.63, 3.8) is 0 Å². The monoisotopic (exact) mass is 396 g/mol. The maximum atomic E-state index is 12.6. The lowest BCUT2D eigenvalue weighted by Gasteiger charge is -2.42. The average molecular weight is 396 g/mol. The fourth-order valence-corrected chi connectivity index (χ4v) is 4.33. The zero-order valence-corrected chi connectivity index (χ0v) is 17.3. The molecule has 3 fully saturated rings. The summed E-state index contributed by atoms with van der Waals surface area (Å²) in [6, 6.07) is 0.0878. The van der Waals surface area contributed by atoms with Crippen LogP contribution in [0.5, 0.6) is 0 Å². The van der Waals surface area contributed by atoms with Crippen molar-refractivity contribution in [2.45, 2.75) is 63.8 Å². The summed E-state index contributed by atoms with van der Waals surface area (Å²) in [7, 11) is 1.51. The van der Waals surface area contributed by atoms with Gasteiger partial charge in [0.2, 0.25) is 5.91 Å². The van der Waals surface area contributed by atoms with E-state index in [1.54, 1.807) is 9.80 Å². The quantitative estimate of drug-likeness (QED) is 0.769. The van der Waals surface area contributed by atoms with Gasteiger partial charge in [0.1, 0.15) is 12.2 Å². The van der Waals surface area contributed by atoms with E-state index in [9.17, 15) is 14.4 Å². The Morgan fingerprint density at radius 3 is 2.36 bits per heavy atom. The van der Waals surface area contributed by atoms with Gasteiger partial charge in [0.05, 0.1) is 12.1 Å². The molecule has 3 aliphatic heterocycles. The Kier molecular flexibility index (Phi) is 6.02. The topological polar surface area (TPSA) is 91.4 Å². The number of hydrogen-bond acceptors (Lipinski definition) is 5. The fraction of sp³-hybridized carbons (Fsp3) is 0.842. The van der Waals surface area contributed by atoms with E-state index in [-0.39, 0.29) is 42.8 Å². The normalized spacial score (nSPS) is 26.1. The molecule has 0 aromatic heterocycles. The van der Waals surface area contributed by atoms with Crippen LogP contribution in [0.4, 0.5) is 9.59 Å². The van der Waals surface area contributed by atoms with Crippen LogP contribution in [-0.4, -0.2) is 96.4 Å². The van der Waals surface area contributed by atoms with Gasteiger partial charge < -0.3 is 29.5 Å². The second-order valence-electron chi connectivity index (χ2n) is 8.79. The number of amides is 4. The molecule has 0 saturated carbocycles. The number of likely N-dealkylation sites (tertiary alicyclic amines) is 2. The van der Waals surface area contributed by atoms with E-state index in [1.807, 2.05) is 25.7 Å². The summed E-state index contributed by atoms with van der Waals surface area (Å²) in [5, 5.41) is 3.04. The predicted octanol–water partition coefficient (Wildman–Crippen LogP) is 1.03. The molecular weight excluding hydrogens is 364 g/mol. The first kappa shape index (κ1) is 20.7. The summed E-state index contributed by atoms with van der Waals surface area (Å²) in [4.78, 5) is 42.4. The van der Waals surface area contributed by atoms with Crippen molar-refractivity contribution in [2.24, 2.45) is 0 Å². The number of urea groups is 1. The zero-order valence-electron chi connectivity index (χ0n) is 17.3. The minimum Gasteiger partial charge on any atom is -0.444 e. The van der Waals surface area contributed by atoms with Crippen LogP contribution in [0.2, 0.25) is 0 Å². The van der Waals surface area contributed by atoms with E-state index >= 15 is 0 Å². The highest BCUT2D eigenvalue weighted by Gasteiger charge is 2.46. The number of carbonyl (C=O) groups excluding carboxylic acids is 3. The largest absolute Gasteiger partial charge is 0.444 e. The standard InChI is InChI=1S/C19H32N4O5/c1-19(2,3)28-18(26)21-8-5-13(6-9-21)23-15-7-10-22(16(24)12-27-4)11-14(15)20-17(23)25/h13-15H,5-12H2,1-4H3,(H,20,25). The third-order valence-corrected chi connectivity index (χ3v) is 5.61. The Morgan fingerprint density at radius 1 is 1.11 bits per heavy atom. The number of fused-ring (bicyclic) bond motifs is 1. The van der Waals surface area contributed by atoms with E-state index in [4.69, 9.17) is 9.47 Å². The maximum absolute atomic E-state index is 12.6. The zero-order chi connectivity index (χ0) is 20.5. The molecule has 2 atom stereocenters. The van der Waals surface area contributed by atoms with Crippen molar-refractivity contribution in [1.29, 1.82) is 0 Å². The highest BCUT2D eigenvalue weighted by atomic mass is 16.6. The molecule has 3 heterocycles. The number of carbonyl (C=O) groups is 3. The molecule has 0 aromatic rings. The lowest BCUT2D eigenvalue weighted by atomic mass is 9.95. The van der Waals surface area contributed by atoms with Crippen molar-refractivity contribution in [3.8, 4) is 0 Å². The minimum atomic E-state index is -0.510. The van der Waals surface area contributed by atoms with Gasteiger partial charge in [-0.05, 0) is 40.0 Å². The number of hydrogen-bond donors (Lipinski definition) is 1. The molecule has 3 rings (SSSR count). The summed E-state index contributed by atoms with van der Waals surface area (Å²) in [5.74, 6) is -0.0423. The molecule has 3 saturated heterocycles. The molecule has 0 bridgehead atoms. The van der Waals surface area contributed by atoms with Crippen LogP contribution in [0.3, 0.4) is 0 Å². The first-order valence-electron chi connectivity index (χ1n) is 10.0. The molecule has 0 radical (unpaired) electrons. The van der Waals surface area contributed by atoms with Crippen LogP contribution < -0.4 is 5.32 Å². The Balaban J connectivity index is 1.55. The van der Waals surface area contributed by atoms with Gasteiger partial charge in [-0.3, -0.25) is 4.79 Å².